The van der Waals surface area contributed by atoms with Gasteiger partial charge in [0.05, 0.1) is 6.61 Å². The number of hydroxylamine groups is 2. The standard InChI is InChI=1S/C19H32N2O6/c1-4-8-15(19(25)27-5-2)21(26)12(3)17(22)20-14-10-7-6-9-13(14)11-16(20)18(23)24/h12-16,26H,4-11H2,1-3H3,(H,23,24)/t12-,13-,14-,15-,16-/m0/s1. The predicted octanol–water partition coefficient (Wildman–Crippen LogP) is 2.04. The van der Waals surface area contributed by atoms with E-state index in [0.29, 0.717) is 19.3 Å². The Bertz CT molecular complexity index is 554. The molecule has 2 rings (SSSR count). The molecule has 0 bridgehead atoms. The van der Waals surface area contributed by atoms with Crippen LogP contribution >= 0.6 is 0 Å². The van der Waals surface area contributed by atoms with Crippen molar-refractivity contribution >= 4 is 17.8 Å². The number of likely N-dealkylation sites (tertiary alicyclic amines) is 1. The smallest absolute Gasteiger partial charge is 0.326 e. The highest BCUT2D eigenvalue weighted by molar-refractivity contribution is 5.88. The van der Waals surface area contributed by atoms with Crippen molar-refractivity contribution in [3.05, 3.63) is 0 Å². The maximum atomic E-state index is 13.2. The van der Waals surface area contributed by atoms with Crippen LogP contribution in [-0.4, -0.2) is 68.9 Å². The Morgan fingerprint density at radius 2 is 1.89 bits per heavy atom. The lowest BCUT2D eigenvalue weighted by atomic mass is 9.84. The number of esters is 1. The molecular formula is C19H32N2O6. The van der Waals surface area contributed by atoms with E-state index in [9.17, 15) is 24.7 Å². The molecular weight excluding hydrogens is 352 g/mol. The minimum Gasteiger partial charge on any atom is -0.480 e. The lowest BCUT2D eigenvalue weighted by Gasteiger charge is -2.37. The second-order valence-electron chi connectivity index (χ2n) is 7.56. The third kappa shape index (κ3) is 4.60. The summed E-state index contributed by atoms with van der Waals surface area (Å²) >= 11 is 0. The van der Waals surface area contributed by atoms with Gasteiger partial charge in [-0.3, -0.25) is 9.59 Å². The second-order valence-corrected chi connectivity index (χ2v) is 7.56. The van der Waals surface area contributed by atoms with Crippen LogP contribution in [0.4, 0.5) is 0 Å². The van der Waals surface area contributed by atoms with Crippen molar-refractivity contribution < 1.29 is 29.4 Å². The number of aliphatic carboxylic acids is 1. The number of nitrogens with zero attached hydrogens (tertiary/aromatic N) is 2. The molecule has 0 unspecified atom stereocenters. The molecule has 0 aromatic heterocycles. The molecule has 154 valence electrons. The van der Waals surface area contributed by atoms with Gasteiger partial charge in [-0.05, 0) is 45.4 Å². The lowest BCUT2D eigenvalue weighted by molar-refractivity contribution is -0.194. The molecule has 1 saturated heterocycles. The van der Waals surface area contributed by atoms with E-state index in [4.69, 9.17) is 4.74 Å². The first-order chi connectivity index (χ1) is 12.8. The molecule has 0 spiro atoms. The van der Waals surface area contributed by atoms with Gasteiger partial charge in [0.2, 0.25) is 5.91 Å². The summed E-state index contributed by atoms with van der Waals surface area (Å²) in [7, 11) is 0. The number of hydrogen-bond acceptors (Lipinski definition) is 6. The van der Waals surface area contributed by atoms with E-state index in [1.54, 1.807) is 6.92 Å². The normalized spacial score (nSPS) is 27.1. The number of carbonyl (C=O) groups is 3. The predicted molar refractivity (Wildman–Crippen MR) is 97.0 cm³/mol. The molecule has 2 N–H and O–H groups in total. The number of rotatable bonds is 8. The molecule has 1 heterocycles. The van der Waals surface area contributed by atoms with Crippen molar-refractivity contribution in [1.82, 2.24) is 9.96 Å². The molecule has 0 aromatic rings. The van der Waals surface area contributed by atoms with E-state index in [0.717, 1.165) is 30.7 Å². The highest BCUT2D eigenvalue weighted by Crippen LogP contribution is 2.40. The summed E-state index contributed by atoms with van der Waals surface area (Å²) in [6.07, 6.45) is 5.18. The Labute approximate surface area is 160 Å². The van der Waals surface area contributed by atoms with E-state index in [1.165, 1.54) is 11.8 Å². The van der Waals surface area contributed by atoms with Crippen LogP contribution in [0.2, 0.25) is 0 Å². The average Bonchev–Trinajstić information content (AvgIpc) is 3.04. The van der Waals surface area contributed by atoms with Crippen LogP contribution in [0, 0.1) is 5.92 Å². The maximum Gasteiger partial charge on any atom is 0.326 e. The molecule has 2 fully saturated rings. The van der Waals surface area contributed by atoms with Gasteiger partial charge >= 0.3 is 11.9 Å². The maximum absolute atomic E-state index is 13.2. The molecule has 0 radical (unpaired) electrons. The third-order valence-electron chi connectivity index (χ3n) is 5.82. The van der Waals surface area contributed by atoms with Crippen molar-refractivity contribution in [3.63, 3.8) is 0 Å². The molecule has 1 aliphatic carbocycles. The van der Waals surface area contributed by atoms with Crippen molar-refractivity contribution in [2.45, 2.75) is 89.9 Å². The number of fused-ring (bicyclic) bond motifs is 1. The van der Waals surface area contributed by atoms with E-state index in [1.807, 2.05) is 6.92 Å². The first-order valence-corrected chi connectivity index (χ1v) is 10.0. The summed E-state index contributed by atoms with van der Waals surface area (Å²) in [6, 6.07) is -2.93. The lowest BCUT2D eigenvalue weighted by Crippen LogP contribution is -2.56. The Morgan fingerprint density at radius 3 is 2.48 bits per heavy atom. The number of carbonyl (C=O) groups excluding carboxylic acids is 2. The van der Waals surface area contributed by atoms with Crippen LogP contribution in [-0.2, 0) is 19.1 Å². The summed E-state index contributed by atoms with van der Waals surface area (Å²) in [6.45, 7) is 5.26. The minimum atomic E-state index is -1.02. The fraction of sp³-hybridized carbons (Fsp3) is 0.842. The zero-order valence-electron chi connectivity index (χ0n) is 16.5. The molecule has 1 aliphatic heterocycles. The van der Waals surface area contributed by atoms with Crippen LogP contribution in [0.15, 0.2) is 0 Å². The Morgan fingerprint density at radius 1 is 1.22 bits per heavy atom. The zero-order valence-corrected chi connectivity index (χ0v) is 16.5. The fourth-order valence-corrected chi connectivity index (χ4v) is 4.47. The summed E-state index contributed by atoms with van der Waals surface area (Å²) in [5, 5.41) is 21.0. The minimum absolute atomic E-state index is 0.101. The number of carboxylic acid groups (broad SMARTS) is 1. The Hall–Kier alpha value is -1.67. The van der Waals surface area contributed by atoms with Gasteiger partial charge in [-0.15, -0.1) is 0 Å². The number of ether oxygens (including phenoxy) is 1. The highest BCUT2D eigenvalue weighted by atomic mass is 16.6. The van der Waals surface area contributed by atoms with Gasteiger partial charge in [0.25, 0.3) is 0 Å². The van der Waals surface area contributed by atoms with Gasteiger partial charge < -0.3 is 20.0 Å². The van der Waals surface area contributed by atoms with Crippen LogP contribution < -0.4 is 0 Å². The Kier molecular flexibility index (Phi) is 7.61. The van der Waals surface area contributed by atoms with Crippen molar-refractivity contribution in [2.75, 3.05) is 6.61 Å². The van der Waals surface area contributed by atoms with Gasteiger partial charge in [-0.2, -0.15) is 5.06 Å². The third-order valence-corrected chi connectivity index (χ3v) is 5.82. The molecule has 8 heteroatoms. The van der Waals surface area contributed by atoms with Gasteiger partial charge in [0.15, 0.2) is 0 Å². The quantitative estimate of drug-likeness (QED) is 0.487. The SMILES string of the molecule is CCC[C@@H](C(=O)OCC)N(O)[C@@H](C)C(=O)N1[C@H](C(=O)O)C[C@@H]2CCCC[C@@H]21. The van der Waals surface area contributed by atoms with Crippen molar-refractivity contribution in [2.24, 2.45) is 5.92 Å². The molecule has 1 amide bonds. The van der Waals surface area contributed by atoms with Gasteiger partial charge in [0, 0.05) is 6.04 Å². The van der Waals surface area contributed by atoms with Crippen LogP contribution in [0.25, 0.3) is 0 Å². The second kappa shape index (κ2) is 9.50. The molecule has 5 atom stereocenters. The van der Waals surface area contributed by atoms with Crippen LogP contribution in [0.5, 0.6) is 0 Å². The van der Waals surface area contributed by atoms with Crippen LogP contribution in [0.1, 0.15) is 65.7 Å². The first-order valence-electron chi connectivity index (χ1n) is 10.0. The van der Waals surface area contributed by atoms with E-state index in [2.05, 4.69) is 0 Å². The van der Waals surface area contributed by atoms with E-state index >= 15 is 0 Å². The Balaban J connectivity index is 2.19. The van der Waals surface area contributed by atoms with Crippen molar-refractivity contribution in [1.29, 1.82) is 0 Å². The van der Waals surface area contributed by atoms with Gasteiger partial charge in [0.1, 0.15) is 18.1 Å². The zero-order chi connectivity index (χ0) is 20.1. The monoisotopic (exact) mass is 384 g/mol. The topological polar surface area (TPSA) is 107 Å². The van der Waals surface area contributed by atoms with Crippen molar-refractivity contribution in [3.8, 4) is 0 Å². The highest BCUT2D eigenvalue weighted by Gasteiger charge is 2.49. The molecule has 27 heavy (non-hydrogen) atoms. The molecule has 2 aliphatic rings. The first kappa shape index (κ1) is 21.6. The molecule has 0 aromatic carbocycles. The van der Waals surface area contributed by atoms with Crippen LogP contribution in [0.3, 0.4) is 0 Å². The summed E-state index contributed by atoms with van der Waals surface area (Å²) in [4.78, 5) is 38.5. The van der Waals surface area contributed by atoms with E-state index < -0.39 is 36.0 Å². The van der Waals surface area contributed by atoms with Gasteiger partial charge in [-0.1, -0.05) is 26.2 Å². The summed E-state index contributed by atoms with van der Waals surface area (Å²) in [5.41, 5.74) is 0. The number of hydrogen-bond donors (Lipinski definition) is 2. The summed E-state index contributed by atoms with van der Waals surface area (Å²) < 4.78 is 5.02. The molecule has 8 nitrogen and oxygen atoms in total. The van der Waals surface area contributed by atoms with E-state index in [-0.39, 0.29) is 18.6 Å². The summed E-state index contributed by atoms with van der Waals surface area (Å²) in [5.74, 6) is -1.83. The average molecular weight is 384 g/mol. The number of amides is 1. The number of carboxylic acids is 1. The largest absolute Gasteiger partial charge is 0.480 e. The fourth-order valence-electron chi connectivity index (χ4n) is 4.47. The van der Waals surface area contributed by atoms with Gasteiger partial charge in [-0.25, -0.2) is 4.79 Å². The molecule has 1 saturated carbocycles.